The number of carbonyl (C=O) groups is 1. The van der Waals surface area contributed by atoms with E-state index < -0.39 is 22.8 Å². The first-order chi connectivity index (χ1) is 14.8. The number of hydrogen-bond acceptors (Lipinski definition) is 6. The van der Waals surface area contributed by atoms with E-state index in [-0.39, 0.29) is 34.0 Å². The average Bonchev–Trinajstić information content (AvgIpc) is 3.22. The Balaban J connectivity index is 2.08. The minimum Gasteiger partial charge on any atom is -0.508 e. The largest absolute Gasteiger partial charge is 0.508 e. The molecule has 1 saturated heterocycles. The maximum absolute atomic E-state index is 15.3. The molecule has 9 heteroatoms. The summed E-state index contributed by atoms with van der Waals surface area (Å²) < 4.78 is 22.3. The third-order valence-electron chi connectivity index (χ3n) is 5.67. The summed E-state index contributed by atoms with van der Waals surface area (Å²) in [7, 11) is 1.38. The number of fused-ring (bicyclic) bond motifs is 1. The van der Waals surface area contributed by atoms with Crippen LogP contribution >= 0.6 is 0 Å². The standard InChI is InChI=1S/C22H22FN3O5/c1-31-21-18-15(8-17(23)19(21)25-7-6-12(9-24)10-25)20(28)16(22(29)30)11-26(18)13-2-4-14(27)5-3-13/h2-5,8,11-12,27H,6-7,9-10,24H2,1H3,(H,29,30). The van der Waals surface area contributed by atoms with E-state index in [9.17, 15) is 19.8 Å². The molecule has 4 N–H and O–H groups in total. The Morgan fingerprint density at radius 3 is 2.61 bits per heavy atom. The first-order valence-electron chi connectivity index (χ1n) is 9.79. The van der Waals surface area contributed by atoms with Crippen LogP contribution in [-0.4, -0.2) is 47.5 Å². The molecule has 4 rings (SSSR count). The second kappa shape index (κ2) is 7.92. The number of phenols is 1. The Morgan fingerprint density at radius 1 is 1.32 bits per heavy atom. The fraction of sp³-hybridized carbons (Fsp3) is 0.273. The van der Waals surface area contributed by atoms with Gasteiger partial charge in [0, 0.05) is 25.0 Å². The zero-order valence-electron chi connectivity index (χ0n) is 16.8. The van der Waals surface area contributed by atoms with Crippen molar-refractivity contribution in [3.05, 3.63) is 58.1 Å². The number of ether oxygens (including phenoxy) is 1. The van der Waals surface area contributed by atoms with Gasteiger partial charge in [0.1, 0.15) is 22.5 Å². The number of nitrogens with two attached hydrogens (primary N) is 1. The number of phenolic OH excluding ortho intramolecular Hbond substituents is 1. The highest BCUT2D eigenvalue weighted by Gasteiger charge is 2.30. The van der Waals surface area contributed by atoms with E-state index in [1.165, 1.54) is 30.0 Å². The molecule has 1 fully saturated rings. The van der Waals surface area contributed by atoms with Gasteiger partial charge in [0.05, 0.1) is 12.5 Å². The molecule has 0 saturated carbocycles. The number of carboxylic acids is 1. The Kier molecular flexibility index (Phi) is 5.28. The number of nitrogens with zero attached hydrogens (tertiary/aromatic N) is 2. The molecule has 0 aliphatic carbocycles. The number of methoxy groups -OCH3 is 1. The number of pyridine rings is 1. The Bertz CT molecular complexity index is 1220. The Labute approximate surface area is 176 Å². The maximum atomic E-state index is 15.3. The third-order valence-corrected chi connectivity index (χ3v) is 5.67. The summed E-state index contributed by atoms with van der Waals surface area (Å²) in [5.41, 5.74) is 5.40. The van der Waals surface area contributed by atoms with Crippen LogP contribution < -0.4 is 20.8 Å². The lowest BCUT2D eigenvalue weighted by atomic mass is 10.1. The molecule has 0 spiro atoms. The van der Waals surface area contributed by atoms with Gasteiger partial charge in [0.25, 0.3) is 0 Å². The number of benzene rings is 2. The summed E-state index contributed by atoms with van der Waals surface area (Å²) in [6.45, 7) is 1.61. The summed E-state index contributed by atoms with van der Waals surface area (Å²) in [4.78, 5) is 26.4. The molecular weight excluding hydrogens is 405 g/mol. The summed E-state index contributed by atoms with van der Waals surface area (Å²) in [5.74, 6) is -1.72. The van der Waals surface area contributed by atoms with E-state index in [0.717, 1.165) is 12.5 Å². The predicted molar refractivity (Wildman–Crippen MR) is 114 cm³/mol. The number of anilines is 1. The first-order valence-corrected chi connectivity index (χ1v) is 9.79. The van der Waals surface area contributed by atoms with E-state index in [1.807, 2.05) is 4.90 Å². The predicted octanol–water partition coefficient (Wildman–Crippen LogP) is 2.33. The van der Waals surface area contributed by atoms with Gasteiger partial charge < -0.3 is 30.2 Å². The van der Waals surface area contributed by atoms with Crippen molar-refractivity contribution >= 4 is 22.6 Å². The van der Waals surface area contributed by atoms with Crippen LogP contribution in [0.15, 0.2) is 41.3 Å². The molecule has 3 aromatic rings. The van der Waals surface area contributed by atoms with Gasteiger partial charge in [-0.05, 0) is 49.2 Å². The number of aromatic carboxylic acids is 1. The number of hydrogen-bond donors (Lipinski definition) is 3. The van der Waals surface area contributed by atoms with Crippen molar-refractivity contribution in [1.82, 2.24) is 4.57 Å². The molecule has 1 aliphatic heterocycles. The Hall–Kier alpha value is -3.59. The zero-order chi connectivity index (χ0) is 22.3. The van der Waals surface area contributed by atoms with Crippen molar-refractivity contribution in [3.63, 3.8) is 0 Å². The summed E-state index contributed by atoms with van der Waals surface area (Å²) >= 11 is 0. The van der Waals surface area contributed by atoms with Crippen LogP contribution in [0.2, 0.25) is 0 Å². The van der Waals surface area contributed by atoms with Gasteiger partial charge in [0.15, 0.2) is 11.6 Å². The van der Waals surface area contributed by atoms with Crippen LogP contribution in [0.4, 0.5) is 10.1 Å². The minimum absolute atomic E-state index is 0.0242. The zero-order valence-corrected chi connectivity index (χ0v) is 16.8. The van der Waals surface area contributed by atoms with Gasteiger partial charge in [-0.2, -0.15) is 0 Å². The lowest BCUT2D eigenvalue weighted by Gasteiger charge is -2.24. The molecular formula is C22H22FN3O5. The van der Waals surface area contributed by atoms with Crippen LogP contribution in [0, 0.1) is 11.7 Å². The highest BCUT2D eigenvalue weighted by atomic mass is 19.1. The number of aromatic nitrogens is 1. The Morgan fingerprint density at radius 2 is 2.03 bits per heavy atom. The van der Waals surface area contributed by atoms with Gasteiger partial charge in [0.2, 0.25) is 5.43 Å². The maximum Gasteiger partial charge on any atom is 0.341 e. The molecule has 162 valence electrons. The summed E-state index contributed by atoms with van der Waals surface area (Å²) in [5, 5.41) is 19.0. The highest BCUT2D eigenvalue weighted by Crippen LogP contribution is 2.41. The van der Waals surface area contributed by atoms with Crippen LogP contribution in [0.3, 0.4) is 0 Å². The topological polar surface area (TPSA) is 118 Å². The van der Waals surface area contributed by atoms with E-state index in [0.29, 0.717) is 25.3 Å². The molecule has 1 unspecified atom stereocenters. The van der Waals surface area contributed by atoms with E-state index in [1.54, 1.807) is 12.1 Å². The number of rotatable bonds is 5. The van der Waals surface area contributed by atoms with Crippen LogP contribution in [0.1, 0.15) is 16.8 Å². The van der Waals surface area contributed by atoms with Crippen molar-refractivity contribution in [1.29, 1.82) is 0 Å². The fourth-order valence-electron chi connectivity index (χ4n) is 4.10. The van der Waals surface area contributed by atoms with Gasteiger partial charge in [-0.15, -0.1) is 0 Å². The molecule has 0 radical (unpaired) electrons. The van der Waals surface area contributed by atoms with E-state index >= 15 is 4.39 Å². The monoisotopic (exact) mass is 427 g/mol. The van der Waals surface area contributed by atoms with Crippen molar-refractivity contribution < 1.29 is 24.1 Å². The normalized spacial score (nSPS) is 16.1. The van der Waals surface area contributed by atoms with Crippen LogP contribution in [0.5, 0.6) is 11.5 Å². The SMILES string of the molecule is COc1c(N2CCC(CN)C2)c(F)cc2c(=O)c(C(=O)O)cn(-c3ccc(O)cc3)c12. The second-order valence-electron chi connectivity index (χ2n) is 7.54. The molecule has 8 nitrogen and oxygen atoms in total. The van der Waals surface area contributed by atoms with Gasteiger partial charge >= 0.3 is 5.97 Å². The first kappa shape index (κ1) is 20.7. The van der Waals surface area contributed by atoms with Crippen molar-refractivity contribution in [2.45, 2.75) is 6.42 Å². The average molecular weight is 427 g/mol. The smallest absolute Gasteiger partial charge is 0.341 e. The second-order valence-corrected chi connectivity index (χ2v) is 7.54. The molecule has 1 atom stereocenters. The molecule has 2 heterocycles. The molecule has 1 aromatic heterocycles. The van der Waals surface area contributed by atoms with Gasteiger partial charge in [-0.25, -0.2) is 9.18 Å². The number of halogens is 1. The van der Waals surface area contributed by atoms with Crippen molar-refractivity contribution in [2.24, 2.45) is 11.7 Å². The highest BCUT2D eigenvalue weighted by molar-refractivity contribution is 5.97. The van der Waals surface area contributed by atoms with Crippen molar-refractivity contribution in [2.75, 3.05) is 31.6 Å². The lowest BCUT2D eigenvalue weighted by molar-refractivity contribution is 0.0695. The van der Waals surface area contributed by atoms with Gasteiger partial charge in [-0.3, -0.25) is 4.79 Å². The molecule has 0 amide bonds. The third kappa shape index (κ3) is 3.46. The summed E-state index contributed by atoms with van der Waals surface area (Å²) in [6, 6.07) is 7.06. The van der Waals surface area contributed by atoms with Gasteiger partial charge in [-0.1, -0.05) is 0 Å². The van der Waals surface area contributed by atoms with Crippen molar-refractivity contribution in [3.8, 4) is 17.2 Å². The molecule has 31 heavy (non-hydrogen) atoms. The number of aromatic hydroxyl groups is 1. The quantitative estimate of drug-likeness (QED) is 0.572. The fourth-order valence-corrected chi connectivity index (χ4v) is 4.10. The molecule has 1 aliphatic rings. The minimum atomic E-state index is -1.42. The van der Waals surface area contributed by atoms with Crippen LogP contribution in [-0.2, 0) is 0 Å². The number of carboxylic acid groups (broad SMARTS) is 1. The van der Waals surface area contributed by atoms with E-state index in [4.69, 9.17) is 10.5 Å². The molecule has 0 bridgehead atoms. The summed E-state index contributed by atoms with van der Waals surface area (Å²) in [6.07, 6.45) is 2.00. The van der Waals surface area contributed by atoms with E-state index in [2.05, 4.69) is 0 Å². The lowest BCUT2D eigenvalue weighted by Crippen LogP contribution is -2.25. The van der Waals surface area contributed by atoms with Crippen LogP contribution in [0.25, 0.3) is 16.6 Å². The molecule has 2 aromatic carbocycles.